The second-order valence-corrected chi connectivity index (χ2v) is 5.83. The van der Waals surface area contributed by atoms with Crippen LogP contribution in [0.25, 0.3) is 0 Å². The fourth-order valence-electron chi connectivity index (χ4n) is 2.73. The van der Waals surface area contributed by atoms with E-state index in [1.165, 1.54) is 0 Å². The Morgan fingerprint density at radius 2 is 2.10 bits per heavy atom. The van der Waals surface area contributed by atoms with Gasteiger partial charge in [0.15, 0.2) is 0 Å². The largest absolute Gasteiger partial charge is 0.495 e. The first-order chi connectivity index (χ1) is 10.0. The van der Waals surface area contributed by atoms with Crippen molar-refractivity contribution >= 4 is 11.6 Å². The van der Waals surface area contributed by atoms with E-state index in [1.807, 2.05) is 17.0 Å². The Balaban J connectivity index is 2.07. The zero-order valence-electron chi connectivity index (χ0n) is 13.2. The Hall–Kier alpha value is -1.75. The number of ether oxygens (including phenoxy) is 1. The molecule has 0 saturated carbocycles. The van der Waals surface area contributed by atoms with Gasteiger partial charge in [0, 0.05) is 13.1 Å². The molecule has 5 heteroatoms. The SMILES string of the molecule is COc1cc2c(cc1N)CCN(CCCN(C)C)C(=O)C2. The van der Waals surface area contributed by atoms with Crippen molar-refractivity contribution in [2.75, 3.05) is 46.6 Å². The third-order valence-electron chi connectivity index (χ3n) is 3.93. The first-order valence-electron chi connectivity index (χ1n) is 7.39. The summed E-state index contributed by atoms with van der Waals surface area (Å²) in [6, 6.07) is 3.86. The van der Waals surface area contributed by atoms with Crippen LogP contribution in [0.5, 0.6) is 5.75 Å². The van der Waals surface area contributed by atoms with Gasteiger partial charge in [-0.2, -0.15) is 0 Å². The Kier molecular flexibility index (Phi) is 5.07. The highest BCUT2D eigenvalue weighted by atomic mass is 16.5. The van der Waals surface area contributed by atoms with Gasteiger partial charge in [0.25, 0.3) is 0 Å². The number of hydrogen-bond donors (Lipinski definition) is 1. The summed E-state index contributed by atoms with van der Waals surface area (Å²) in [5.74, 6) is 0.849. The number of amides is 1. The molecule has 0 saturated heterocycles. The van der Waals surface area contributed by atoms with Crippen LogP contribution in [0.15, 0.2) is 12.1 Å². The van der Waals surface area contributed by atoms with Crippen LogP contribution >= 0.6 is 0 Å². The van der Waals surface area contributed by atoms with Crippen LogP contribution in [0.1, 0.15) is 17.5 Å². The maximum atomic E-state index is 12.4. The highest BCUT2D eigenvalue weighted by Gasteiger charge is 2.21. The van der Waals surface area contributed by atoms with Gasteiger partial charge < -0.3 is 20.3 Å². The van der Waals surface area contributed by atoms with Gasteiger partial charge in [0.2, 0.25) is 5.91 Å². The molecular formula is C16H25N3O2. The van der Waals surface area contributed by atoms with Gasteiger partial charge >= 0.3 is 0 Å². The summed E-state index contributed by atoms with van der Waals surface area (Å²) in [7, 11) is 5.70. The van der Waals surface area contributed by atoms with Crippen LogP contribution in [0.2, 0.25) is 0 Å². The number of benzene rings is 1. The number of nitrogens with zero attached hydrogens (tertiary/aromatic N) is 2. The van der Waals surface area contributed by atoms with E-state index in [4.69, 9.17) is 10.5 Å². The van der Waals surface area contributed by atoms with E-state index >= 15 is 0 Å². The molecule has 116 valence electrons. The van der Waals surface area contributed by atoms with Crippen LogP contribution < -0.4 is 10.5 Å². The van der Waals surface area contributed by atoms with Crippen molar-refractivity contribution in [3.63, 3.8) is 0 Å². The number of hydrogen-bond acceptors (Lipinski definition) is 4. The molecule has 1 amide bonds. The Morgan fingerprint density at radius 1 is 1.33 bits per heavy atom. The first kappa shape index (κ1) is 15.6. The van der Waals surface area contributed by atoms with E-state index in [9.17, 15) is 4.79 Å². The van der Waals surface area contributed by atoms with Gasteiger partial charge in [-0.15, -0.1) is 0 Å². The average molecular weight is 291 g/mol. The molecule has 1 aliphatic rings. The normalized spacial score (nSPS) is 15.0. The average Bonchev–Trinajstić information content (AvgIpc) is 2.57. The molecule has 0 spiro atoms. The van der Waals surface area contributed by atoms with Gasteiger partial charge in [-0.25, -0.2) is 0 Å². The van der Waals surface area contributed by atoms with Crippen LogP contribution in [0, 0.1) is 0 Å². The number of carbonyl (C=O) groups excluding carboxylic acids is 1. The lowest BCUT2D eigenvalue weighted by Crippen LogP contribution is -2.34. The monoisotopic (exact) mass is 291 g/mol. The van der Waals surface area contributed by atoms with E-state index in [2.05, 4.69) is 19.0 Å². The number of anilines is 1. The van der Waals surface area contributed by atoms with Crippen molar-refractivity contribution in [1.29, 1.82) is 0 Å². The number of rotatable bonds is 5. The maximum Gasteiger partial charge on any atom is 0.227 e. The van der Waals surface area contributed by atoms with E-state index < -0.39 is 0 Å². The lowest BCUT2D eigenvalue weighted by molar-refractivity contribution is -0.130. The van der Waals surface area contributed by atoms with Crippen LogP contribution in [-0.4, -0.2) is 56.5 Å². The summed E-state index contributed by atoms with van der Waals surface area (Å²) in [6.07, 6.45) is 2.30. The first-order valence-corrected chi connectivity index (χ1v) is 7.39. The molecule has 0 atom stereocenters. The van der Waals surface area contributed by atoms with Crippen molar-refractivity contribution in [3.05, 3.63) is 23.3 Å². The minimum absolute atomic E-state index is 0.194. The second-order valence-electron chi connectivity index (χ2n) is 5.83. The molecule has 0 unspecified atom stereocenters. The van der Waals surface area contributed by atoms with Gasteiger partial charge in [-0.3, -0.25) is 4.79 Å². The maximum absolute atomic E-state index is 12.4. The molecule has 1 aliphatic heterocycles. The third-order valence-corrected chi connectivity index (χ3v) is 3.93. The summed E-state index contributed by atoms with van der Waals surface area (Å²) in [5.41, 5.74) is 8.81. The summed E-state index contributed by atoms with van der Waals surface area (Å²) in [4.78, 5) is 16.5. The number of methoxy groups -OCH3 is 1. The Labute approximate surface area is 126 Å². The smallest absolute Gasteiger partial charge is 0.227 e. The molecule has 1 aromatic carbocycles. The lowest BCUT2D eigenvalue weighted by Gasteiger charge is -2.21. The molecule has 2 rings (SSSR count). The van der Waals surface area contributed by atoms with E-state index in [-0.39, 0.29) is 5.91 Å². The molecule has 1 aromatic rings. The zero-order valence-corrected chi connectivity index (χ0v) is 13.2. The molecule has 0 radical (unpaired) electrons. The molecule has 1 heterocycles. The second kappa shape index (κ2) is 6.80. The number of carbonyl (C=O) groups is 1. The fourth-order valence-corrected chi connectivity index (χ4v) is 2.73. The minimum Gasteiger partial charge on any atom is -0.495 e. The molecule has 0 bridgehead atoms. The fraction of sp³-hybridized carbons (Fsp3) is 0.562. The summed E-state index contributed by atoms with van der Waals surface area (Å²) < 4.78 is 5.25. The number of nitrogen functional groups attached to an aromatic ring is 1. The van der Waals surface area contributed by atoms with Crippen LogP contribution in [0.4, 0.5) is 5.69 Å². The topological polar surface area (TPSA) is 58.8 Å². The predicted octanol–water partition coefficient (Wildman–Crippen LogP) is 1.16. The molecule has 5 nitrogen and oxygen atoms in total. The Morgan fingerprint density at radius 3 is 2.76 bits per heavy atom. The van der Waals surface area contributed by atoms with Crippen molar-refractivity contribution in [3.8, 4) is 5.75 Å². The zero-order chi connectivity index (χ0) is 15.4. The summed E-state index contributed by atoms with van der Waals surface area (Å²) in [6.45, 7) is 2.58. The summed E-state index contributed by atoms with van der Waals surface area (Å²) >= 11 is 0. The lowest BCUT2D eigenvalue weighted by atomic mass is 10.0. The molecule has 0 aliphatic carbocycles. The van der Waals surface area contributed by atoms with E-state index in [0.29, 0.717) is 17.9 Å². The molecule has 2 N–H and O–H groups in total. The quantitative estimate of drug-likeness (QED) is 0.827. The van der Waals surface area contributed by atoms with E-state index in [1.54, 1.807) is 7.11 Å². The predicted molar refractivity (Wildman–Crippen MR) is 84.6 cm³/mol. The van der Waals surface area contributed by atoms with Crippen molar-refractivity contribution < 1.29 is 9.53 Å². The minimum atomic E-state index is 0.194. The van der Waals surface area contributed by atoms with Gasteiger partial charge in [0.1, 0.15) is 5.75 Å². The summed E-state index contributed by atoms with van der Waals surface area (Å²) in [5, 5.41) is 0. The Bertz CT molecular complexity index is 514. The molecule has 21 heavy (non-hydrogen) atoms. The molecule has 0 aromatic heterocycles. The van der Waals surface area contributed by atoms with Crippen LogP contribution in [-0.2, 0) is 17.6 Å². The van der Waals surface area contributed by atoms with Gasteiger partial charge in [-0.05, 0) is 56.7 Å². The van der Waals surface area contributed by atoms with Gasteiger partial charge in [-0.1, -0.05) is 0 Å². The molecule has 0 fully saturated rings. The van der Waals surface area contributed by atoms with Crippen molar-refractivity contribution in [2.45, 2.75) is 19.3 Å². The van der Waals surface area contributed by atoms with Crippen molar-refractivity contribution in [1.82, 2.24) is 9.80 Å². The van der Waals surface area contributed by atoms with Gasteiger partial charge in [0.05, 0.1) is 19.2 Å². The molecular weight excluding hydrogens is 266 g/mol. The van der Waals surface area contributed by atoms with Crippen molar-refractivity contribution in [2.24, 2.45) is 0 Å². The van der Waals surface area contributed by atoms with E-state index in [0.717, 1.165) is 43.6 Å². The highest BCUT2D eigenvalue weighted by Crippen LogP contribution is 2.28. The van der Waals surface area contributed by atoms with Crippen LogP contribution in [0.3, 0.4) is 0 Å². The number of fused-ring (bicyclic) bond motifs is 1. The third kappa shape index (κ3) is 3.88. The standard InChI is InChI=1S/C16H25N3O2/c1-18(2)6-4-7-19-8-5-12-9-14(17)15(21-3)10-13(12)11-16(19)20/h9-10H,4-8,11,17H2,1-3H3. The highest BCUT2D eigenvalue weighted by molar-refractivity contribution is 5.80. The number of nitrogens with two attached hydrogens (primary N) is 1.